The molecule has 2 heteroatoms. The highest BCUT2D eigenvalue weighted by molar-refractivity contribution is 5.48. The topological polar surface area (TPSA) is 9.23 Å². The number of benzene rings is 1. The van der Waals surface area contributed by atoms with E-state index in [1.54, 1.807) is 13.2 Å². The molecular weight excluding hydrogens is 155 g/mol. The van der Waals surface area contributed by atoms with Gasteiger partial charge in [0.25, 0.3) is 0 Å². The average molecular weight is 168 g/mol. The molecule has 1 aromatic rings. The van der Waals surface area contributed by atoms with Crippen molar-refractivity contribution in [3.05, 3.63) is 36.4 Å². The third-order valence-electron chi connectivity index (χ3n) is 1.35. The molecule has 66 valence electrons. The Morgan fingerprint density at radius 2 is 1.75 bits per heavy atom. The molecule has 0 radical (unpaired) electrons. The summed E-state index contributed by atoms with van der Waals surface area (Å²) in [6, 6.07) is 7.76. The number of hydrogen-bond donors (Lipinski definition) is 0. The van der Waals surface area contributed by atoms with E-state index in [4.69, 9.17) is 4.74 Å². The van der Waals surface area contributed by atoms with Crippen LogP contribution in [0.2, 0.25) is 0 Å². The fourth-order valence-electron chi connectivity index (χ4n) is 0.740. The van der Waals surface area contributed by atoms with Gasteiger partial charge in [-0.2, -0.15) is 0 Å². The van der Waals surface area contributed by atoms with E-state index in [1.165, 1.54) is 0 Å². The van der Waals surface area contributed by atoms with Gasteiger partial charge in [0.05, 0.1) is 14.3 Å². The van der Waals surface area contributed by atoms with Gasteiger partial charge in [0.1, 0.15) is 5.75 Å². The van der Waals surface area contributed by atoms with Crippen LogP contribution in [0.5, 0.6) is 5.75 Å². The fourth-order valence-corrected chi connectivity index (χ4v) is 0.740. The molecule has 0 N–H and O–H groups in total. The SMILES string of the molecule is C=Cc1ccc(OC)cc1.CF. The normalized spacial score (nSPS) is 7.92. The maximum atomic E-state index is 9.50. The van der Waals surface area contributed by atoms with Crippen LogP contribution in [-0.4, -0.2) is 14.3 Å². The Morgan fingerprint density at radius 3 is 2.08 bits per heavy atom. The van der Waals surface area contributed by atoms with Gasteiger partial charge in [0.2, 0.25) is 0 Å². The highest BCUT2D eigenvalue weighted by atomic mass is 19.1. The maximum Gasteiger partial charge on any atom is 0.118 e. The van der Waals surface area contributed by atoms with Crippen molar-refractivity contribution in [1.82, 2.24) is 0 Å². The lowest BCUT2D eigenvalue weighted by Gasteiger charge is -1.97. The second kappa shape index (κ2) is 6.40. The molecule has 0 spiro atoms. The Morgan fingerprint density at radius 1 is 1.25 bits per heavy atom. The summed E-state index contributed by atoms with van der Waals surface area (Å²) < 4.78 is 14.5. The molecule has 0 aliphatic carbocycles. The van der Waals surface area contributed by atoms with Crippen LogP contribution in [0.15, 0.2) is 30.8 Å². The standard InChI is InChI=1S/C9H10O.CH3F/c1-3-8-4-6-9(10-2)7-5-8;1-2/h3-7H,1H2,2H3;1H3. The van der Waals surface area contributed by atoms with E-state index in [2.05, 4.69) is 6.58 Å². The summed E-state index contributed by atoms with van der Waals surface area (Å²) in [6.07, 6.45) is 1.80. The van der Waals surface area contributed by atoms with E-state index in [-0.39, 0.29) is 0 Å². The molecule has 0 saturated carbocycles. The number of halogens is 1. The van der Waals surface area contributed by atoms with Crippen LogP contribution < -0.4 is 4.74 Å². The maximum absolute atomic E-state index is 9.50. The number of ether oxygens (including phenoxy) is 1. The van der Waals surface area contributed by atoms with Gasteiger partial charge in [-0.25, -0.2) is 0 Å². The van der Waals surface area contributed by atoms with Crippen molar-refractivity contribution in [2.45, 2.75) is 0 Å². The molecule has 0 fully saturated rings. The Bertz CT molecular complexity index is 216. The molecule has 12 heavy (non-hydrogen) atoms. The Labute approximate surface area is 72.5 Å². The highest BCUT2D eigenvalue weighted by Crippen LogP contribution is 2.11. The van der Waals surface area contributed by atoms with E-state index < -0.39 is 0 Å². The molecule has 0 atom stereocenters. The van der Waals surface area contributed by atoms with Crippen LogP contribution in [0.25, 0.3) is 6.08 Å². The van der Waals surface area contributed by atoms with Crippen LogP contribution in [0.3, 0.4) is 0 Å². The van der Waals surface area contributed by atoms with Crippen molar-refractivity contribution in [3.8, 4) is 5.75 Å². The largest absolute Gasteiger partial charge is 0.497 e. The van der Waals surface area contributed by atoms with Gasteiger partial charge in [-0.3, -0.25) is 4.39 Å². The lowest BCUT2D eigenvalue weighted by molar-refractivity contribution is 0.415. The summed E-state index contributed by atoms with van der Waals surface area (Å²) in [6.45, 7) is 3.65. The van der Waals surface area contributed by atoms with Crippen molar-refractivity contribution in [3.63, 3.8) is 0 Å². The molecule has 0 amide bonds. The van der Waals surface area contributed by atoms with E-state index >= 15 is 0 Å². The lowest BCUT2D eigenvalue weighted by Crippen LogP contribution is -1.80. The Hall–Kier alpha value is -1.31. The molecule has 0 saturated heterocycles. The Balaban J connectivity index is 0.000000561. The van der Waals surface area contributed by atoms with E-state index in [0.29, 0.717) is 7.18 Å². The van der Waals surface area contributed by atoms with Gasteiger partial charge in [-0.15, -0.1) is 0 Å². The van der Waals surface area contributed by atoms with Crippen LogP contribution in [0.4, 0.5) is 4.39 Å². The fraction of sp³-hybridized carbons (Fsp3) is 0.200. The molecule has 0 aliphatic rings. The number of rotatable bonds is 2. The minimum atomic E-state index is 0.500. The molecule has 1 aromatic carbocycles. The number of hydrogen-bond acceptors (Lipinski definition) is 1. The zero-order chi connectivity index (χ0) is 9.40. The molecule has 0 heterocycles. The van der Waals surface area contributed by atoms with Crippen molar-refractivity contribution < 1.29 is 9.13 Å². The van der Waals surface area contributed by atoms with E-state index in [1.807, 2.05) is 24.3 Å². The van der Waals surface area contributed by atoms with E-state index in [9.17, 15) is 4.39 Å². The number of alkyl halides is 1. The molecule has 0 aliphatic heterocycles. The predicted molar refractivity (Wildman–Crippen MR) is 50.1 cm³/mol. The average Bonchev–Trinajstić information content (AvgIpc) is 2.21. The Kier molecular flexibility index (Phi) is 5.70. The van der Waals surface area contributed by atoms with Crippen LogP contribution in [0, 0.1) is 0 Å². The lowest BCUT2D eigenvalue weighted by atomic mass is 10.2. The van der Waals surface area contributed by atoms with Gasteiger partial charge in [0.15, 0.2) is 0 Å². The van der Waals surface area contributed by atoms with Gasteiger partial charge in [-0.05, 0) is 17.7 Å². The predicted octanol–water partition coefficient (Wildman–Crippen LogP) is 2.92. The minimum Gasteiger partial charge on any atom is -0.497 e. The van der Waals surface area contributed by atoms with Crippen LogP contribution in [-0.2, 0) is 0 Å². The quantitative estimate of drug-likeness (QED) is 0.659. The molecule has 1 nitrogen and oxygen atoms in total. The second-order valence-corrected chi connectivity index (χ2v) is 1.98. The van der Waals surface area contributed by atoms with Crippen LogP contribution in [0.1, 0.15) is 5.56 Å². The van der Waals surface area contributed by atoms with Gasteiger partial charge in [0, 0.05) is 0 Å². The zero-order valence-corrected chi connectivity index (χ0v) is 7.38. The first-order chi connectivity index (χ1) is 5.86. The molecule has 0 unspecified atom stereocenters. The van der Waals surface area contributed by atoms with E-state index in [0.717, 1.165) is 11.3 Å². The molecule has 0 bridgehead atoms. The summed E-state index contributed by atoms with van der Waals surface area (Å²) in [7, 11) is 2.16. The summed E-state index contributed by atoms with van der Waals surface area (Å²) in [5, 5.41) is 0. The van der Waals surface area contributed by atoms with Crippen molar-refractivity contribution >= 4 is 6.08 Å². The van der Waals surface area contributed by atoms with Crippen molar-refractivity contribution in [2.75, 3.05) is 14.3 Å². The molecule has 0 aromatic heterocycles. The smallest absolute Gasteiger partial charge is 0.118 e. The molecule has 1 rings (SSSR count). The first kappa shape index (κ1) is 10.7. The molecular formula is C10H13FO. The zero-order valence-electron chi connectivity index (χ0n) is 7.38. The summed E-state index contributed by atoms with van der Waals surface area (Å²) >= 11 is 0. The first-order valence-corrected chi connectivity index (χ1v) is 3.51. The summed E-state index contributed by atoms with van der Waals surface area (Å²) in [4.78, 5) is 0. The van der Waals surface area contributed by atoms with Gasteiger partial charge >= 0.3 is 0 Å². The van der Waals surface area contributed by atoms with Crippen molar-refractivity contribution in [2.24, 2.45) is 0 Å². The third kappa shape index (κ3) is 3.19. The first-order valence-electron chi connectivity index (χ1n) is 3.51. The van der Waals surface area contributed by atoms with Gasteiger partial charge < -0.3 is 4.74 Å². The summed E-state index contributed by atoms with van der Waals surface area (Å²) in [5.74, 6) is 0.880. The minimum absolute atomic E-state index is 0.500. The summed E-state index contributed by atoms with van der Waals surface area (Å²) in [5.41, 5.74) is 1.11. The van der Waals surface area contributed by atoms with Crippen LogP contribution >= 0.6 is 0 Å². The van der Waals surface area contributed by atoms with Crippen molar-refractivity contribution in [1.29, 1.82) is 0 Å². The second-order valence-electron chi connectivity index (χ2n) is 1.98. The third-order valence-corrected chi connectivity index (χ3v) is 1.35. The van der Waals surface area contributed by atoms with Gasteiger partial charge in [-0.1, -0.05) is 24.8 Å². The number of methoxy groups -OCH3 is 1. The monoisotopic (exact) mass is 168 g/mol. The highest BCUT2D eigenvalue weighted by Gasteiger charge is 1.87.